The Bertz CT molecular complexity index is 523. The van der Waals surface area contributed by atoms with Crippen molar-refractivity contribution >= 4 is 11.9 Å². The van der Waals surface area contributed by atoms with Crippen LogP contribution in [0.5, 0.6) is 0 Å². The van der Waals surface area contributed by atoms with Crippen LogP contribution in [0.1, 0.15) is 67.2 Å². The second-order valence-corrected chi connectivity index (χ2v) is 5.60. The first-order chi connectivity index (χ1) is 9.76. The van der Waals surface area contributed by atoms with Gasteiger partial charge < -0.3 is 9.84 Å². The molecular weight excluding hydrogens is 275 g/mol. The zero-order chi connectivity index (χ0) is 16.0. The minimum absolute atomic E-state index is 0.132. The summed E-state index contributed by atoms with van der Waals surface area (Å²) >= 11 is 0. The number of carbonyl (C=O) groups is 2. The molecule has 0 fully saturated rings. The summed E-state index contributed by atoms with van der Waals surface area (Å²) in [5, 5.41) is 9.04. The molecule has 1 N–H and O–H groups in total. The van der Waals surface area contributed by atoms with E-state index in [1.165, 1.54) is 0 Å². The molecule has 0 atom stereocenters. The number of carboxylic acids is 1. The Kier molecular flexibility index (Phi) is 5.88. The number of hydrogen-bond acceptors (Lipinski definition) is 3. The predicted molar refractivity (Wildman–Crippen MR) is 77.0 cm³/mol. The maximum absolute atomic E-state index is 13.1. The molecule has 116 valence electrons. The van der Waals surface area contributed by atoms with E-state index in [4.69, 9.17) is 9.84 Å². The predicted octanol–water partition coefficient (Wildman–Crippen LogP) is 4.04. The Morgan fingerprint density at radius 1 is 1.24 bits per heavy atom. The molecule has 0 unspecified atom stereocenters. The summed E-state index contributed by atoms with van der Waals surface area (Å²) in [4.78, 5) is 23.2. The van der Waals surface area contributed by atoms with Gasteiger partial charge in [0.2, 0.25) is 0 Å². The number of esters is 1. The summed E-state index contributed by atoms with van der Waals surface area (Å²) in [6.07, 6.45) is 3.71. The summed E-state index contributed by atoms with van der Waals surface area (Å²) in [5.41, 5.74) is -1.20. The van der Waals surface area contributed by atoms with Gasteiger partial charge in [-0.05, 0) is 44.9 Å². The average molecular weight is 296 g/mol. The lowest BCUT2D eigenvalue weighted by atomic mass is 10.00. The summed E-state index contributed by atoms with van der Waals surface area (Å²) in [7, 11) is 0. The van der Waals surface area contributed by atoms with Crippen LogP contribution in [0.4, 0.5) is 4.39 Å². The lowest BCUT2D eigenvalue weighted by Gasteiger charge is -2.25. The van der Waals surface area contributed by atoms with E-state index in [1.54, 1.807) is 13.8 Å². The van der Waals surface area contributed by atoms with Gasteiger partial charge in [-0.2, -0.15) is 0 Å². The molecule has 0 heterocycles. The van der Waals surface area contributed by atoms with Gasteiger partial charge in [0.05, 0.1) is 11.1 Å². The fourth-order valence-electron chi connectivity index (χ4n) is 2.03. The molecule has 1 aromatic carbocycles. The molecule has 1 aromatic rings. The highest BCUT2D eigenvalue weighted by Gasteiger charge is 2.26. The van der Waals surface area contributed by atoms with Gasteiger partial charge >= 0.3 is 11.9 Å². The average Bonchev–Trinajstić information content (AvgIpc) is 2.37. The van der Waals surface area contributed by atoms with Crippen molar-refractivity contribution in [3.05, 3.63) is 35.1 Å². The summed E-state index contributed by atoms with van der Waals surface area (Å²) < 4.78 is 18.5. The van der Waals surface area contributed by atoms with Crippen molar-refractivity contribution in [3.8, 4) is 0 Å². The summed E-state index contributed by atoms with van der Waals surface area (Å²) in [6, 6.07) is 3.01. The van der Waals surface area contributed by atoms with Gasteiger partial charge in [0.15, 0.2) is 0 Å². The molecule has 4 nitrogen and oxygen atoms in total. The van der Waals surface area contributed by atoms with Crippen LogP contribution in [0.2, 0.25) is 0 Å². The highest BCUT2D eigenvalue weighted by molar-refractivity contribution is 6.02. The molecule has 0 saturated carbocycles. The van der Waals surface area contributed by atoms with Crippen molar-refractivity contribution in [2.24, 2.45) is 0 Å². The lowest BCUT2D eigenvalue weighted by Crippen LogP contribution is -2.29. The second-order valence-electron chi connectivity index (χ2n) is 5.60. The van der Waals surface area contributed by atoms with Crippen LogP contribution in [0.15, 0.2) is 18.2 Å². The molecule has 0 bridgehead atoms. The molecule has 0 saturated heterocycles. The highest BCUT2D eigenvalue weighted by Crippen LogP contribution is 2.22. The van der Waals surface area contributed by atoms with E-state index < -0.39 is 23.4 Å². The van der Waals surface area contributed by atoms with Gasteiger partial charge in [-0.3, -0.25) is 0 Å². The van der Waals surface area contributed by atoms with E-state index in [0.29, 0.717) is 6.42 Å². The van der Waals surface area contributed by atoms with Crippen LogP contribution < -0.4 is 0 Å². The second kappa shape index (κ2) is 7.20. The lowest BCUT2D eigenvalue weighted by molar-refractivity contribution is -0.00574. The Hall–Kier alpha value is -1.91. The van der Waals surface area contributed by atoms with Crippen LogP contribution in [-0.4, -0.2) is 22.6 Å². The fraction of sp³-hybridized carbons (Fsp3) is 0.500. The molecule has 0 amide bonds. The molecule has 0 aliphatic carbocycles. The topological polar surface area (TPSA) is 63.6 Å². The third-order valence-electron chi connectivity index (χ3n) is 3.18. The molecule has 0 aliphatic rings. The SMILES string of the molecule is CCCCCC(C)(C)OC(=O)c1ccc(F)cc1C(=O)O. The summed E-state index contributed by atoms with van der Waals surface area (Å²) in [6.45, 7) is 5.64. The number of unbranched alkanes of at least 4 members (excludes halogenated alkanes) is 2. The van der Waals surface area contributed by atoms with Crippen molar-refractivity contribution in [1.82, 2.24) is 0 Å². The van der Waals surface area contributed by atoms with Crippen molar-refractivity contribution < 1.29 is 23.8 Å². The number of carboxylic acid groups (broad SMARTS) is 1. The van der Waals surface area contributed by atoms with Gasteiger partial charge in [-0.1, -0.05) is 19.8 Å². The Labute approximate surface area is 123 Å². The van der Waals surface area contributed by atoms with Crippen LogP contribution in [0.3, 0.4) is 0 Å². The van der Waals surface area contributed by atoms with E-state index >= 15 is 0 Å². The number of aromatic carboxylic acids is 1. The molecule has 0 aromatic heterocycles. The number of hydrogen-bond donors (Lipinski definition) is 1. The van der Waals surface area contributed by atoms with Gasteiger partial charge in [0.25, 0.3) is 0 Å². The highest BCUT2D eigenvalue weighted by atomic mass is 19.1. The molecule has 0 radical (unpaired) electrons. The van der Waals surface area contributed by atoms with E-state index in [1.807, 2.05) is 0 Å². The first kappa shape index (κ1) is 17.1. The van der Waals surface area contributed by atoms with Crippen LogP contribution in [-0.2, 0) is 4.74 Å². The molecular formula is C16H21FO4. The molecule has 5 heteroatoms. The largest absolute Gasteiger partial charge is 0.478 e. The van der Waals surface area contributed by atoms with E-state index in [2.05, 4.69) is 6.92 Å². The third kappa shape index (κ3) is 5.17. The minimum atomic E-state index is -1.36. The number of halogens is 1. The smallest absolute Gasteiger partial charge is 0.339 e. The fourth-order valence-corrected chi connectivity index (χ4v) is 2.03. The Balaban J connectivity index is 2.86. The van der Waals surface area contributed by atoms with Gasteiger partial charge in [0.1, 0.15) is 11.4 Å². The Morgan fingerprint density at radius 2 is 1.90 bits per heavy atom. The van der Waals surface area contributed by atoms with Crippen molar-refractivity contribution in [2.75, 3.05) is 0 Å². The standard InChI is InChI=1S/C16H21FO4/c1-4-5-6-9-16(2,3)21-15(20)12-8-7-11(17)10-13(12)14(18)19/h7-8,10H,4-6,9H2,1-3H3,(H,18,19). The van der Waals surface area contributed by atoms with Gasteiger partial charge in [-0.25, -0.2) is 14.0 Å². The normalized spacial score (nSPS) is 11.2. The van der Waals surface area contributed by atoms with Crippen LogP contribution >= 0.6 is 0 Å². The number of benzene rings is 1. The molecule has 0 spiro atoms. The first-order valence-electron chi connectivity index (χ1n) is 7.03. The van der Waals surface area contributed by atoms with E-state index in [0.717, 1.165) is 37.5 Å². The number of rotatable bonds is 7. The quantitative estimate of drug-likeness (QED) is 0.609. The van der Waals surface area contributed by atoms with E-state index in [9.17, 15) is 14.0 Å². The summed E-state index contributed by atoms with van der Waals surface area (Å²) in [5.74, 6) is -2.80. The molecule has 1 rings (SSSR count). The molecule has 0 aliphatic heterocycles. The maximum Gasteiger partial charge on any atom is 0.339 e. The van der Waals surface area contributed by atoms with Gasteiger partial charge in [0, 0.05) is 0 Å². The van der Waals surface area contributed by atoms with Crippen molar-refractivity contribution in [2.45, 2.75) is 52.1 Å². The first-order valence-corrected chi connectivity index (χ1v) is 7.03. The van der Waals surface area contributed by atoms with E-state index in [-0.39, 0.29) is 11.1 Å². The van der Waals surface area contributed by atoms with Gasteiger partial charge in [-0.15, -0.1) is 0 Å². The number of ether oxygens (including phenoxy) is 1. The van der Waals surface area contributed by atoms with Crippen LogP contribution in [0, 0.1) is 5.82 Å². The van der Waals surface area contributed by atoms with Crippen LogP contribution in [0.25, 0.3) is 0 Å². The third-order valence-corrected chi connectivity index (χ3v) is 3.18. The zero-order valence-electron chi connectivity index (χ0n) is 12.6. The minimum Gasteiger partial charge on any atom is -0.478 e. The molecule has 21 heavy (non-hydrogen) atoms. The Morgan fingerprint density at radius 3 is 2.48 bits per heavy atom. The zero-order valence-corrected chi connectivity index (χ0v) is 12.6. The number of carbonyl (C=O) groups excluding carboxylic acids is 1. The maximum atomic E-state index is 13.1. The monoisotopic (exact) mass is 296 g/mol. The van der Waals surface area contributed by atoms with Crippen molar-refractivity contribution in [3.63, 3.8) is 0 Å². The van der Waals surface area contributed by atoms with Crippen molar-refractivity contribution in [1.29, 1.82) is 0 Å².